The van der Waals surface area contributed by atoms with E-state index in [0.717, 1.165) is 5.56 Å². The second-order valence-electron chi connectivity index (χ2n) is 3.86. The molecule has 0 bridgehead atoms. The molecule has 2 rings (SSSR count). The Labute approximate surface area is 99.6 Å². The lowest BCUT2D eigenvalue weighted by atomic mass is 9.96. The lowest BCUT2D eigenvalue weighted by molar-refractivity contribution is 0.456. The van der Waals surface area contributed by atoms with Gasteiger partial charge in [0.25, 0.3) is 0 Å². The van der Waals surface area contributed by atoms with E-state index in [1.807, 2.05) is 6.92 Å². The Balaban J connectivity index is 2.65. The molecule has 3 nitrogen and oxygen atoms in total. The first-order valence-corrected chi connectivity index (χ1v) is 5.46. The molecule has 3 heteroatoms. The van der Waals surface area contributed by atoms with E-state index in [4.69, 9.17) is 0 Å². The molecular weight excluding hydrogens is 216 g/mol. The van der Waals surface area contributed by atoms with Crippen LogP contribution in [0.15, 0.2) is 36.4 Å². The topological polar surface area (TPSA) is 60.7 Å². The van der Waals surface area contributed by atoms with Crippen molar-refractivity contribution < 1.29 is 15.3 Å². The zero-order valence-corrected chi connectivity index (χ0v) is 9.51. The van der Waals surface area contributed by atoms with Gasteiger partial charge in [0.2, 0.25) is 0 Å². The van der Waals surface area contributed by atoms with Gasteiger partial charge in [-0.2, -0.15) is 0 Å². The Kier molecular flexibility index (Phi) is 2.91. The van der Waals surface area contributed by atoms with Crippen molar-refractivity contribution in [2.45, 2.75) is 13.3 Å². The van der Waals surface area contributed by atoms with Gasteiger partial charge in [-0.25, -0.2) is 0 Å². The van der Waals surface area contributed by atoms with Crippen molar-refractivity contribution in [2.24, 2.45) is 0 Å². The Morgan fingerprint density at radius 1 is 0.824 bits per heavy atom. The van der Waals surface area contributed by atoms with Crippen LogP contribution in [0.4, 0.5) is 0 Å². The lowest BCUT2D eigenvalue weighted by Crippen LogP contribution is -1.89. The van der Waals surface area contributed by atoms with Crippen LogP contribution >= 0.6 is 0 Å². The summed E-state index contributed by atoms with van der Waals surface area (Å²) in [6.07, 6.45) is 0.621. The number of phenolic OH excluding ortho intramolecular Hbond substituents is 3. The standard InChI is InChI=1S/C14H14O3/c1-2-11-12(16)7-8-13(17)14(11)9-3-5-10(15)6-4-9/h3-8,15-17H,2H2,1H3. The quantitative estimate of drug-likeness (QED) is 0.695. The number of rotatable bonds is 2. The van der Waals surface area contributed by atoms with Crippen LogP contribution in [0.3, 0.4) is 0 Å². The van der Waals surface area contributed by atoms with Crippen LogP contribution in [-0.2, 0) is 6.42 Å². The number of hydrogen-bond donors (Lipinski definition) is 3. The minimum absolute atomic E-state index is 0.130. The number of phenols is 3. The normalized spacial score (nSPS) is 10.4. The van der Waals surface area contributed by atoms with Crippen LogP contribution in [0, 0.1) is 0 Å². The van der Waals surface area contributed by atoms with Crippen molar-refractivity contribution in [3.63, 3.8) is 0 Å². The Bertz CT molecular complexity index is 530. The Morgan fingerprint density at radius 3 is 2.00 bits per heavy atom. The van der Waals surface area contributed by atoms with E-state index in [-0.39, 0.29) is 17.2 Å². The first-order valence-electron chi connectivity index (χ1n) is 5.46. The van der Waals surface area contributed by atoms with Gasteiger partial charge in [-0.05, 0) is 36.2 Å². The summed E-state index contributed by atoms with van der Waals surface area (Å²) in [6, 6.07) is 9.48. The lowest BCUT2D eigenvalue weighted by Gasteiger charge is -2.12. The molecular formula is C14H14O3. The van der Waals surface area contributed by atoms with E-state index in [0.29, 0.717) is 17.5 Å². The average molecular weight is 230 g/mol. The van der Waals surface area contributed by atoms with Gasteiger partial charge >= 0.3 is 0 Å². The molecule has 17 heavy (non-hydrogen) atoms. The SMILES string of the molecule is CCc1c(O)ccc(O)c1-c1ccc(O)cc1. The van der Waals surface area contributed by atoms with Gasteiger partial charge in [0.15, 0.2) is 0 Å². The van der Waals surface area contributed by atoms with E-state index in [1.54, 1.807) is 24.3 Å². The van der Waals surface area contributed by atoms with Crippen molar-refractivity contribution in [2.75, 3.05) is 0 Å². The highest BCUT2D eigenvalue weighted by atomic mass is 16.3. The molecule has 0 unspecified atom stereocenters. The largest absolute Gasteiger partial charge is 0.508 e. The fraction of sp³-hybridized carbons (Fsp3) is 0.143. The number of aromatic hydroxyl groups is 3. The second kappa shape index (κ2) is 4.37. The van der Waals surface area contributed by atoms with Crippen LogP contribution in [0.2, 0.25) is 0 Å². The molecule has 0 atom stereocenters. The molecule has 0 saturated carbocycles. The number of hydrogen-bond acceptors (Lipinski definition) is 3. The molecule has 3 N–H and O–H groups in total. The third-order valence-corrected chi connectivity index (χ3v) is 2.78. The van der Waals surface area contributed by atoms with Crippen molar-refractivity contribution in [3.8, 4) is 28.4 Å². The zero-order chi connectivity index (χ0) is 12.4. The molecule has 0 aromatic heterocycles. The Morgan fingerprint density at radius 2 is 1.41 bits per heavy atom. The van der Waals surface area contributed by atoms with Crippen LogP contribution in [0.25, 0.3) is 11.1 Å². The smallest absolute Gasteiger partial charge is 0.123 e. The predicted molar refractivity (Wildman–Crippen MR) is 66.3 cm³/mol. The van der Waals surface area contributed by atoms with Gasteiger partial charge in [-0.1, -0.05) is 19.1 Å². The van der Waals surface area contributed by atoms with Gasteiger partial charge in [0.1, 0.15) is 17.2 Å². The zero-order valence-electron chi connectivity index (χ0n) is 9.51. The van der Waals surface area contributed by atoms with Crippen molar-refractivity contribution in [1.29, 1.82) is 0 Å². The summed E-state index contributed by atoms with van der Waals surface area (Å²) in [6.45, 7) is 1.92. The Hall–Kier alpha value is -2.16. The monoisotopic (exact) mass is 230 g/mol. The summed E-state index contributed by atoms with van der Waals surface area (Å²) in [5.41, 5.74) is 2.09. The highest BCUT2D eigenvalue weighted by Gasteiger charge is 2.13. The van der Waals surface area contributed by atoms with Gasteiger partial charge in [0.05, 0.1) is 0 Å². The minimum Gasteiger partial charge on any atom is -0.508 e. The van der Waals surface area contributed by atoms with Crippen LogP contribution in [0.1, 0.15) is 12.5 Å². The fourth-order valence-corrected chi connectivity index (χ4v) is 1.93. The van der Waals surface area contributed by atoms with E-state index >= 15 is 0 Å². The first kappa shape index (κ1) is 11.3. The predicted octanol–water partition coefficient (Wildman–Crippen LogP) is 3.03. The van der Waals surface area contributed by atoms with Crippen LogP contribution in [-0.4, -0.2) is 15.3 Å². The molecule has 0 amide bonds. The molecule has 0 aliphatic heterocycles. The molecule has 0 heterocycles. The van der Waals surface area contributed by atoms with Gasteiger partial charge < -0.3 is 15.3 Å². The second-order valence-corrected chi connectivity index (χ2v) is 3.86. The first-order chi connectivity index (χ1) is 8.13. The van der Waals surface area contributed by atoms with E-state index in [2.05, 4.69) is 0 Å². The van der Waals surface area contributed by atoms with E-state index in [9.17, 15) is 15.3 Å². The number of benzene rings is 2. The van der Waals surface area contributed by atoms with Crippen molar-refractivity contribution in [3.05, 3.63) is 42.0 Å². The molecule has 2 aromatic carbocycles. The summed E-state index contributed by atoms with van der Waals surface area (Å²) < 4.78 is 0. The van der Waals surface area contributed by atoms with Crippen molar-refractivity contribution >= 4 is 0 Å². The molecule has 0 aliphatic carbocycles. The van der Waals surface area contributed by atoms with Gasteiger partial charge in [-0.3, -0.25) is 0 Å². The summed E-state index contributed by atoms with van der Waals surface area (Å²) >= 11 is 0. The maximum atomic E-state index is 9.90. The third kappa shape index (κ3) is 2.04. The summed E-state index contributed by atoms with van der Waals surface area (Å²) in [7, 11) is 0. The molecule has 88 valence electrons. The summed E-state index contributed by atoms with van der Waals surface area (Å²) in [4.78, 5) is 0. The minimum atomic E-state index is 0.130. The average Bonchev–Trinajstić information content (AvgIpc) is 2.33. The molecule has 0 spiro atoms. The molecule has 0 fully saturated rings. The molecule has 0 radical (unpaired) electrons. The summed E-state index contributed by atoms with van der Waals surface area (Å²) in [5, 5.41) is 28.9. The van der Waals surface area contributed by atoms with E-state index < -0.39 is 0 Å². The highest BCUT2D eigenvalue weighted by Crippen LogP contribution is 2.38. The van der Waals surface area contributed by atoms with Gasteiger partial charge in [-0.15, -0.1) is 0 Å². The van der Waals surface area contributed by atoms with Crippen molar-refractivity contribution in [1.82, 2.24) is 0 Å². The maximum absolute atomic E-state index is 9.90. The van der Waals surface area contributed by atoms with Crippen LogP contribution in [0.5, 0.6) is 17.2 Å². The van der Waals surface area contributed by atoms with Crippen LogP contribution < -0.4 is 0 Å². The molecule has 2 aromatic rings. The van der Waals surface area contributed by atoms with Gasteiger partial charge in [0, 0.05) is 11.1 Å². The van der Waals surface area contributed by atoms with E-state index in [1.165, 1.54) is 12.1 Å². The molecule has 0 aliphatic rings. The molecule has 0 saturated heterocycles. The third-order valence-electron chi connectivity index (χ3n) is 2.78. The maximum Gasteiger partial charge on any atom is 0.123 e. The highest BCUT2D eigenvalue weighted by molar-refractivity contribution is 5.76. The fourth-order valence-electron chi connectivity index (χ4n) is 1.93. The summed E-state index contributed by atoms with van der Waals surface area (Å²) in [5.74, 6) is 0.477.